The molecule has 7 heteroatoms. The molecule has 3 rings (SSSR count). The summed E-state index contributed by atoms with van der Waals surface area (Å²) < 4.78 is 18.9. The van der Waals surface area contributed by atoms with Gasteiger partial charge in [0.15, 0.2) is 11.5 Å². The van der Waals surface area contributed by atoms with E-state index in [0.29, 0.717) is 55.0 Å². The second-order valence-electron chi connectivity index (χ2n) is 6.41. The molecule has 0 aliphatic carbocycles. The molecule has 0 saturated heterocycles. The van der Waals surface area contributed by atoms with Crippen LogP contribution in [0.25, 0.3) is 0 Å². The van der Waals surface area contributed by atoms with Crippen molar-refractivity contribution in [1.82, 2.24) is 9.78 Å². The first-order valence-electron chi connectivity index (χ1n) is 10.1. The number of hydrogen-bond donors (Lipinski definition) is 1. The van der Waals surface area contributed by atoms with Crippen molar-refractivity contribution in [2.24, 2.45) is 0 Å². The Balaban J connectivity index is 1.86. The topological polar surface area (TPSA) is 74.6 Å². The Morgan fingerprint density at radius 3 is 2.17 bits per heavy atom. The minimum Gasteiger partial charge on any atom is -0.490 e. The summed E-state index contributed by atoms with van der Waals surface area (Å²) in [5, 5.41) is 7.25. The molecule has 0 fully saturated rings. The minimum atomic E-state index is -0.283. The normalized spacial score (nSPS) is 10.5. The molecule has 1 N–H and O–H groups in total. The number of benzene rings is 2. The van der Waals surface area contributed by atoms with Gasteiger partial charge in [0.1, 0.15) is 5.82 Å². The molecular weight excluding hydrogens is 382 g/mol. The zero-order valence-corrected chi connectivity index (χ0v) is 17.6. The number of carbonyl (C=O) groups is 1. The number of nitrogens with one attached hydrogen (secondary N) is 1. The second kappa shape index (κ2) is 10.3. The number of aromatic nitrogens is 2. The van der Waals surface area contributed by atoms with Crippen molar-refractivity contribution in [2.45, 2.75) is 27.3 Å². The number of amides is 1. The van der Waals surface area contributed by atoms with Crippen LogP contribution in [-0.4, -0.2) is 35.5 Å². The van der Waals surface area contributed by atoms with Crippen LogP contribution in [-0.2, 0) is 6.54 Å². The van der Waals surface area contributed by atoms with Gasteiger partial charge < -0.3 is 19.5 Å². The van der Waals surface area contributed by atoms with Gasteiger partial charge >= 0.3 is 0 Å². The highest BCUT2D eigenvalue weighted by molar-refractivity contribution is 6.04. The van der Waals surface area contributed by atoms with E-state index in [1.807, 2.05) is 51.1 Å². The first-order valence-corrected chi connectivity index (χ1v) is 10.1. The molecule has 1 aromatic heterocycles. The maximum atomic E-state index is 13.0. The van der Waals surface area contributed by atoms with E-state index < -0.39 is 0 Å². The van der Waals surface area contributed by atoms with Gasteiger partial charge in [-0.1, -0.05) is 30.3 Å². The van der Waals surface area contributed by atoms with E-state index in [-0.39, 0.29) is 5.91 Å². The van der Waals surface area contributed by atoms with Crippen molar-refractivity contribution in [2.75, 3.05) is 25.1 Å². The van der Waals surface area contributed by atoms with Gasteiger partial charge in [0.2, 0.25) is 5.75 Å². The summed E-state index contributed by atoms with van der Waals surface area (Å²) in [6, 6.07) is 15.1. The molecule has 0 radical (unpaired) electrons. The molecule has 1 heterocycles. The van der Waals surface area contributed by atoms with Gasteiger partial charge in [0.25, 0.3) is 5.91 Å². The number of carbonyl (C=O) groups excluding carboxylic acids is 1. The molecule has 0 saturated carbocycles. The van der Waals surface area contributed by atoms with Crippen LogP contribution in [0.5, 0.6) is 17.2 Å². The van der Waals surface area contributed by atoms with E-state index in [1.165, 1.54) is 0 Å². The summed E-state index contributed by atoms with van der Waals surface area (Å²) in [6.45, 7) is 7.56. The quantitative estimate of drug-likeness (QED) is 0.538. The number of ether oxygens (including phenoxy) is 3. The Morgan fingerprint density at radius 2 is 1.57 bits per heavy atom. The third-order valence-corrected chi connectivity index (χ3v) is 4.30. The summed E-state index contributed by atoms with van der Waals surface area (Å²) in [5.74, 6) is 1.79. The number of anilines is 1. The van der Waals surface area contributed by atoms with Gasteiger partial charge in [-0.05, 0) is 38.5 Å². The Morgan fingerprint density at radius 1 is 0.933 bits per heavy atom. The van der Waals surface area contributed by atoms with E-state index in [1.54, 1.807) is 29.1 Å². The molecule has 2 aromatic carbocycles. The molecule has 0 aliphatic heterocycles. The highest BCUT2D eigenvalue weighted by Gasteiger charge is 2.19. The van der Waals surface area contributed by atoms with Crippen molar-refractivity contribution in [3.8, 4) is 17.2 Å². The van der Waals surface area contributed by atoms with Crippen molar-refractivity contribution >= 4 is 11.7 Å². The Labute approximate surface area is 176 Å². The van der Waals surface area contributed by atoms with Crippen LogP contribution in [0, 0.1) is 0 Å². The van der Waals surface area contributed by atoms with Crippen molar-refractivity contribution < 1.29 is 19.0 Å². The Kier molecular flexibility index (Phi) is 7.32. The van der Waals surface area contributed by atoms with E-state index in [2.05, 4.69) is 10.4 Å². The molecule has 3 aromatic rings. The zero-order valence-electron chi connectivity index (χ0n) is 17.6. The Bertz CT molecular complexity index is 943. The van der Waals surface area contributed by atoms with Crippen molar-refractivity contribution in [3.63, 3.8) is 0 Å². The Hall–Kier alpha value is -3.48. The molecule has 0 aliphatic rings. The van der Waals surface area contributed by atoms with Gasteiger partial charge in [-0.3, -0.25) is 4.79 Å². The van der Waals surface area contributed by atoms with Gasteiger partial charge in [-0.25, -0.2) is 4.68 Å². The smallest absolute Gasteiger partial charge is 0.257 e. The molecule has 1 amide bonds. The van der Waals surface area contributed by atoms with Gasteiger partial charge in [-0.15, -0.1) is 0 Å². The fourth-order valence-electron chi connectivity index (χ4n) is 3.03. The molecule has 0 atom stereocenters. The van der Waals surface area contributed by atoms with Crippen molar-refractivity contribution in [1.29, 1.82) is 0 Å². The van der Waals surface area contributed by atoms with Crippen LogP contribution in [0.2, 0.25) is 0 Å². The molecule has 0 bridgehead atoms. The number of nitrogens with zero attached hydrogens (tertiary/aromatic N) is 2. The van der Waals surface area contributed by atoms with Crippen LogP contribution < -0.4 is 19.5 Å². The van der Waals surface area contributed by atoms with Crippen LogP contribution in [0.15, 0.2) is 54.7 Å². The molecular formula is C23H27N3O4. The third-order valence-electron chi connectivity index (χ3n) is 4.30. The summed E-state index contributed by atoms with van der Waals surface area (Å²) in [4.78, 5) is 13.0. The second-order valence-corrected chi connectivity index (χ2v) is 6.41. The minimum absolute atomic E-state index is 0.283. The van der Waals surface area contributed by atoms with Crippen LogP contribution in [0.3, 0.4) is 0 Å². The predicted octanol–water partition coefficient (Wildman–Crippen LogP) is 4.38. The SMILES string of the molecule is CCOc1cc(C(=O)Nc2ccnn2Cc2ccccc2)cc(OCC)c1OCC. The first-order chi connectivity index (χ1) is 14.7. The average molecular weight is 409 g/mol. The van der Waals surface area contributed by atoms with Crippen LogP contribution in [0.1, 0.15) is 36.7 Å². The lowest BCUT2D eigenvalue weighted by Crippen LogP contribution is -2.17. The van der Waals surface area contributed by atoms with Crippen molar-refractivity contribution in [3.05, 3.63) is 65.9 Å². The summed E-state index contributed by atoms with van der Waals surface area (Å²) in [6.07, 6.45) is 1.66. The largest absolute Gasteiger partial charge is 0.490 e. The van der Waals surface area contributed by atoms with E-state index in [0.717, 1.165) is 5.56 Å². The lowest BCUT2D eigenvalue weighted by Gasteiger charge is -2.17. The molecule has 0 spiro atoms. The summed E-state index contributed by atoms with van der Waals surface area (Å²) in [5.41, 5.74) is 1.51. The van der Waals surface area contributed by atoms with E-state index >= 15 is 0 Å². The van der Waals surface area contributed by atoms with Crippen LogP contribution >= 0.6 is 0 Å². The van der Waals surface area contributed by atoms with Gasteiger partial charge in [0, 0.05) is 11.6 Å². The highest BCUT2D eigenvalue weighted by Crippen LogP contribution is 2.39. The predicted molar refractivity (Wildman–Crippen MR) is 116 cm³/mol. The maximum Gasteiger partial charge on any atom is 0.257 e. The maximum absolute atomic E-state index is 13.0. The monoisotopic (exact) mass is 409 g/mol. The number of rotatable bonds is 10. The molecule has 158 valence electrons. The first kappa shape index (κ1) is 21.2. The van der Waals surface area contributed by atoms with Gasteiger partial charge in [0.05, 0.1) is 32.6 Å². The summed E-state index contributed by atoms with van der Waals surface area (Å²) in [7, 11) is 0. The molecule has 7 nitrogen and oxygen atoms in total. The average Bonchev–Trinajstić information content (AvgIpc) is 3.17. The zero-order chi connectivity index (χ0) is 21.3. The van der Waals surface area contributed by atoms with Gasteiger partial charge in [-0.2, -0.15) is 5.10 Å². The molecule has 0 unspecified atom stereocenters. The fourth-order valence-corrected chi connectivity index (χ4v) is 3.03. The third kappa shape index (κ3) is 5.11. The highest BCUT2D eigenvalue weighted by atomic mass is 16.5. The van der Waals surface area contributed by atoms with E-state index in [4.69, 9.17) is 14.2 Å². The lowest BCUT2D eigenvalue weighted by molar-refractivity contribution is 0.102. The lowest BCUT2D eigenvalue weighted by atomic mass is 10.1. The summed E-state index contributed by atoms with van der Waals surface area (Å²) >= 11 is 0. The fraction of sp³-hybridized carbons (Fsp3) is 0.304. The number of hydrogen-bond acceptors (Lipinski definition) is 5. The molecule has 30 heavy (non-hydrogen) atoms. The van der Waals surface area contributed by atoms with Crippen LogP contribution in [0.4, 0.5) is 5.82 Å². The van der Waals surface area contributed by atoms with E-state index in [9.17, 15) is 4.79 Å². The standard InChI is InChI=1S/C23H27N3O4/c1-4-28-19-14-18(15-20(29-5-2)22(19)30-6-3)23(27)25-21-12-13-24-26(21)16-17-10-8-7-9-11-17/h7-15H,4-6,16H2,1-3H3,(H,25,27).